The van der Waals surface area contributed by atoms with Crippen LogP contribution in [0.3, 0.4) is 0 Å². The maximum absolute atomic E-state index is 9.93. The summed E-state index contributed by atoms with van der Waals surface area (Å²) in [6.45, 7) is 0.198. The van der Waals surface area contributed by atoms with E-state index in [0.29, 0.717) is 0 Å². The maximum Gasteiger partial charge on any atom is 0.381 e. The van der Waals surface area contributed by atoms with E-state index in [-0.39, 0.29) is 13.0 Å². The lowest BCUT2D eigenvalue weighted by molar-refractivity contribution is -0.130. The van der Waals surface area contributed by atoms with Gasteiger partial charge in [0.05, 0.1) is 0 Å². The van der Waals surface area contributed by atoms with Crippen molar-refractivity contribution in [2.24, 2.45) is 0 Å². The molecule has 0 aliphatic carbocycles. The Bertz CT molecular complexity index is 216. The Morgan fingerprint density at radius 2 is 2.27 bits per heavy atom. The number of carboxylic acid groups (broad SMARTS) is 1. The third kappa shape index (κ3) is 9.10. The molecule has 3 N–H and O–H groups in total. The lowest BCUT2D eigenvalue weighted by atomic mass is 10.4. The van der Waals surface area contributed by atoms with Gasteiger partial charge in [-0.15, -0.1) is 0 Å². The second-order valence-corrected chi connectivity index (χ2v) is 2.29. The molecule has 0 radical (unpaired) electrons. The van der Waals surface area contributed by atoms with Gasteiger partial charge in [0.2, 0.25) is 11.3 Å². The van der Waals surface area contributed by atoms with Crippen LogP contribution in [-0.2, 0) is 16.1 Å². The Balaban J connectivity index is 3.37. The average molecular weight is 177 g/mol. The van der Waals surface area contributed by atoms with Gasteiger partial charge in [-0.2, -0.15) is 0 Å². The van der Waals surface area contributed by atoms with Crippen LogP contribution in [0, 0.1) is 11.8 Å². The molecule has 0 saturated carbocycles. The highest BCUT2D eigenvalue weighted by atomic mass is 32.2. The van der Waals surface area contributed by atoms with Crippen molar-refractivity contribution in [1.82, 2.24) is 4.72 Å². The fraction of sp³-hybridized carbons (Fsp3) is 0.400. The highest BCUT2D eigenvalue weighted by Crippen LogP contribution is 1.72. The van der Waals surface area contributed by atoms with Gasteiger partial charge in [-0.05, 0) is 0 Å². The molecule has 0 aliphatic heterocycles. The molecule has 5 nitrogen and oxygen atoms in total. The van der Waals surface area contributed by atoms with Gasteiger partial charge in [0.15, 0.2) is 0 Å². The van der Waals surface area contributed by atoms with E-state index in [0.717, 1.165) is 0 Å². The van der Waals surface area contributed by atoms with Gasteiger partial charge in [0.25, 0.3) is 0 Å². The predicted octanol–water partition coefficient (Wildman–Crippen LogP) is -0.809. The smallest absolute Gasteiger partial charge is 0.381 e. The summed E-state index contributed by atoms with van der Waals surface area (Å²) in [7, 11) is 0. The molecule has 1 unspecified atom stereocenters. The fourth-order valence-corrected chi connectivity index (χ4v) is 0.616. The normalized spacial score (nSPS) is 11.4. The van der Waals surface area contributed by atoms with Crippen molar-refractivity contribution in [3.63, 3.8) is 0 Å². The molecule has 0 amide bonds. The number of nitrogens with one attached hydrogen (secondary N) is 1. The van der Waals surface area contributed by atoms with Crippen LogP contribution in [0.15, 0.2) is 0 Å². The summed E-state index contributed by atoms with van der Waals surface area (Å²) < 4.78 is 20.2. The Hall–Kier alpha value is -0.900. The van der Waals surface area contributed by atoms with Crippen LogP contribution in [0.1, 0.15) is 6.42 Å². The van der Waals surface area contributed by atoms with Crippen molar-refractivity contribution in [3.8, 4) is 11.8 Å². The number of aliphatic carboxylic acids is 1. The first-order chi connectivity index (χ1) is 5.13. The summed E-state index contributed by atoms with van der Waals surface area (Å²) in [4.78, 5) is 9.79. The minimum atomic E-state index is -2.04. The second kappa shape index (κ2) is 5.85. The number of rotatable bonds is 3. The minimum absolute atomic E-state index is 0.198. The predicted molar refractivity (Wildman–Crippen MR) is 38.8 cm³/mol. The molecule has 0 heterocycles. The van der Waals surface area contributed by atoms with Gasteiger partial charge in [-0.1, -0.05) is 5.92 Å². The molecule has 1 atom stereocenters. The van der Waals surface area contributed by atoms with E-state index in [1.165, 1.54) is 0 Å². The van der Waals surface area contributed by atoms with Crippen LogP contribution >= 0.6 is 0 Å². The van der Waals surface area contributed by atoms with Crippen LogP contribution in [0.2, 0.25) is 0 Å². The highest BCUT2D eigenvalue weighted by Gasteiger charge is 1.88. The molecule has 0 aromatic rings. The van der Waals surface area contributed by atoms with E-state index < -0.39 is 17.2 Å². The first kappa shape index (κ1) is 10.1. The summed E-state index contributed by atoms with van der Waals surface area (Å²) >= 11 is -2.04. The molecular formula is C5H7NO4S. The molecule has 11 heavy (non-hydrogen) atoms. The third-order valence-electron chi connectivity index (χ3n) is 0.671. The Morgan fingerprint density at radius 3 is 2.73 bits per heavy atom. The van der Waals surface area contributed by atoms with Crippen molar-refractivity contribution < 1.29 is 18.7 Å². The summed E-state index contributed by atoms with van der Waals surface area (Å²) in [5.74, 6) is 2.95. The van der Waals surface area contributed by atoms with Gasteiger partial charge in [0.1, 0.15) is 0 Å². The molecule has 62 valence electrons. The van der Waals surface area contributed by atoms with Crippen molar-refractivity contribution in [1.29, 1.82) is 0 Å². The first-order valence-corrected chi connectivity index (χ1v) is 3.79. The zero-order valence-corrected chi connectivity index (χ0v) is 6.35. The SMILES string of the molecule is O=C(O)C#CCCNS(=O)O. The van der Waals surface area contributed by atoms with Crippen molar-refractivity contribution in [2.75, 3.05) is 6.54 Å². The van der Waals surface area contributed by atoms with Crippen molar-refractivity contribution in [3.05, 3.63) is 0 Å². The molecule has 0 aliphatic rings. The fourth-order valence-electron chi connectivity index (χ4n) is 0.339. The van der Waals surface area contributed by atoms with Gasteiger partial charge in [-0.3, -0.25) is 4.55 Å². The monoisotopic (exact) mass is 177 g/mol. The number of hydrogen-bond acceptors (Lipinski definition) is 2. The van der Waals surface area contributed by atoms with Crippen LogP contribution in [0.4, 0.5) is 0 Å². The summed E-state index contributed by atoms with van der Waals surface area (Å²) in [6, 6.07) is 0. The summed E-state index contributed by atoms with van der Waals surface area (Å²) in [6.07, 6.45) is 0.235. The minimum Gasteiger partial charge on any atom is -0.472 e. The first-order valence-electron chi connectivity index (χ1n) is 2.69. The lowest BCUT2D eigenvalue weighted by Gasteiger charge is -1.91. The molecule has 0 bridgehead atoms. The standard InChI is InChI=1S/C5H7NO4S/c7-5(8)3-1-2-4-6-11(9)10/h6H,2,4H2,(H,7,8)(H,9,10). The molecular weight excluding hydrogens is 170 g/mol. The van der Waals surface area contributed by atoms with Crippen molar-refractivity contribution in [2.45, 2.75) is 6.42 Å². The maximum atomic E-state index is 9.93. The Morgan fingerprint density at radius 1 is 1.64 bits per heavy atom. The van der Waals surface area contributed by atoms with Gasteiger partial charge in [-0.25, -0.2) is 13.7 Å². The van der Waals surface area contributed by atoms with Crippen LogP contribution < -0.4 is 4.72 Å². The van der Waals surface area contributed by atoms with Crippen LogP contribution in [-0.4, -0.2) is 26.4 Å². The summed E-state index contributed by atoms with van der Waals surface area (Å²) in [5.41, 5.74) is 0. The van der Waals surface area contributed by atoms with E-state index in [2.05, 4.69) is 10.6 Å². The van der Waals surface area contributed by atoms with E-state index in [1.807, 2.05) is 5.92 Å². The van der Waals surface area contributed by atoms with Gasteiger partial charge in [0, 0.05) is 18.9 Å². The van der Waals surface area contributed by atoms with E-state index >= 15 is 0 Å². The third-order valence-corrected chi connectivity index (χ3v) is 1.12. The van der Waals surface area contributed by atoms with E-state index in [4.69, 9.17) is 9.66 Å². The zero-order chi connectivity index (χ0) is 8.69. The number of carboxylic acids is 1. The molecule has 6 heteroatoms. The van der Waals surface area contributed by atoms with Gasteiger partial charge >= 0.3 is 5.97 Å². The Labute approximate surface area is 66.2 Å². The quantitative estimate of drug-likeness (QED) is 0.299. The highest BCUT2D eigenvalue weighted by molar-refractivity contribution is 7.77. The number of carbonyl (C=O) groups is 1. The zero-order valence-electron chi connectivity index (χ0n) is 5.53. The molecule has 0 fully saturated rings. The molecule has 0 rings (SSSR count). The lowest BCUT2D eigenvalue weighted by Crippen LogP contribution is -2.16. The molecule has 0 aromatic heterocycles. The van der Waals surface area contributed by atoms with E-state index in [1.54, 1.807) is 0 Å². The van der Waals surface area contributed by atoms with E-state index in [9.17, 15) is 9.00 Å². The van der Waals surface area contributed by atoms with Crippen LogP contribution in [0.5, 0.6) is 0 Å². The molecule has 0 saturated heterocycles. The molecule has 0 spiro atoms. The van der Waals surface area contributed by atoms with Crippen molar-refractivity contribution >= 4 is 17.2 Å². The topological polar surface area (TPSA) is 86.6 Å². The molecule has 0 aromatic carbocycles. The average Bonchev–Trinajstić information content (AvgIpc) is 1.85. The Kier molecular flexibility index (Phi) is 5.37. The van der Waals surface area contributed by atoms with Gasteiger partial charge < -0.3 is 5.11 Å². The second-order valence-electron chi connectivity index (χ2n) is 1.50. The summed E-state index contributed by atoms with van der Waals surface area (Å²) in [5, 5.41) is 8.02. The number of hydrogen-bond donors (Lipinski definition) is 3. The van der Waals surface area contributed by atoms with Crippen LogP contribution in [0.25, 0.3) is 0 Å². The largest absolute Gasteiger partial charge is 0.472 e.